The van der Waals surface area contributed by atoms with Crippen LogP contribution in [0, 0.1) is 0 Å². The SMILES string of the molecule is COc1cc(N2CCCN(c3ccc(N=Nc4n(C)cc[n+]4C)c(OC)c3)CCC2)ccc1N=Nc1n(C)cc[n+]1C. The molecule has 12 heteroatoms. The third-order valence-corrected chi connectivity index (χ3v) is 7.55. The van der Waals surface area contributed by atoms with Gasteiger partial charge in [0.25, 0.3) is 0 Å². The summed E-state index contributed by atoms with van der Waals surface area (Å²) >= 11 is 0. The third kappa shape index (κ3) is 6.27. The highest BCUT2D eigenvalue weighted by molar-refractivity contribution is 5.63. The first-order chi connectivity index (χ1) is 20.4. The fourth-order valence-corrected chi connectivity index (χ4v) is 5.18. The van der Waals surface area contributed by atoms with E-state index in [4.69, 9.17) is 9.47 Å². The number of rotatable bonds is 8. The summed E-state index contributed by atoms with van der Waals surface area (Å²) in [5, 5.41) is 17.8. The molecule has 4 aromatic rings. The van der Waals surface area contributed by atoms with E-state index in [1.165, 1.54) is 0 Å². The standard InChI is InChI=1S/C30H40N10O2/c1-35-17-18-36(2)29(35)33-31-25-11-9-23(21-27(25)41-5)39-13-7-15-40(16-8-14-39)24-10-12-26(28(22-24)42-6)32-34-30-37(3)19-20-38(30)4/h9-12,17-22H,7-8,13-16H2,1-6H3/q+2. The van der Waals surface area contributed by atoms with Crippen LogP contribution in [0.25, 0.3) is 0 Å². The van der Waals surface area contributed by atoms with Gasteiger partial charge in [0.15, 0.2) is 0 Å². The first-order valence-corrected chi connectivity index (χ1v) is 14.1. The topological polar surface area (TPSA) is 92.0 Å². The van der Waals surface area contributed by atoms with Crippen LogP contribution in [0.5, 0.6) is 11.5 Å². The van der Waals surface area contributed by atoms with Crippen molar-refractivity contribution >= 4 is 34.6 Å². The van der Waals surface area contributed by atoms with Crippen molar-refractivity contribution in [1.82, 2.24) is 9.13 Å². The summed E-state index contributed by atoms with van der Waals surface area (Å²) < 4.78 is 19.1. The lowest BCUT2D eigenvalue weighted by atomic mass is 10.1. The van der Waals surface area contributed by atoms with Crippen LogP contribution in [-0.2, 0) is 28.2 Å². The zero-order valence-electron chi connectivity index (χ0n) is 25.3. The van der Waals surface area contributed by atoms with E-state index >= 15 is 0 Å². The maximum Gasteiger partial charge on any atom is 0.421 e. The average Bonchev–Trinajstić information content (AvgIpc) is 3.48. The van der Waals surface area contributed by atoms with Crippen molar-refractivity contribution in [2.75, 3.05) is 50.2 Å². The van der Waals surface area contributed by atoms with E-state index in [0.29, 0.717) is 22.9 Å². The second-order valence-corrected chi connectivity index (χ2v) is 10.4. The molecule has 2 aromatic heterocycles. The number of imidazole rings is 2. The fourth-order valence-electron chi connectivity index (χ4n) is 5.18. The Labute approximate surface area is 246 Å². The number of methoxy groups -OCH3 is 2. The van der Waals surface area contributed by atoms with Gasteiger partial charge in [-0.3, -0.25) is 0 Å². The molecule has 0 aliphatic carbocycles. The maximum atomic E-state index is 5.69. The Bertz CT molecular complexity index is 1420. The van der Waals surface area contributed by atoms with Crippen molar-refractivity contribution in [2.45, 2.75) is 12.8 Å². The normalized spacial score (nSPS) is 14.5. The highest BCUT2D eigenvalue weighted by atomic mass is 16.5. The number of nitrogens with zero attached hydrogens (tertiary/aromatic N) is 10. The fraction of sp³-hybridized carbons (Fsp3) is 0.400. The zero-order valence-corrected chi connectivity index (χ0v) is 25.3. The molecule has 1 fully saturated rings. The van der Waals surface area contributed by atoms with Crippen molar-refractivity contribution in [3.8, 4) is 11.5 Å². The van der Waals surface area contributed by atoms with E-state index in [9.17, 15) is 0 Å². The number of aryl methyl sites for hydroxylation is 4. The Balaban J connectivity index is 1.24. The molecule has 220 valence electrons. The molecule has 0 radical (unpaired) electrons. The molecule has 12 nitrogen and oxygen atoms in total. The van der Waals surface area contributed by atoms with Crippen LogP contribution in [0.3, 0.4) is 0 Å². The summed E-state index contributed by atoms with van der Waals surface area (Å²) in [6.07, 6.45) is 9.82. The van der Waals surface area contributed by atoms with Crippen LogP contribution in [-0.4, -0.2) is 49.5 Å². The lowest BCUT2D eigenvalue weighted by Crippen LogP contribution is -2.36. The van der Waals surface area contributed by atoms with Gasteiger partial charge in [-0.1, -0.05) is 10.2 Å². The monoisotopic (exact) mass is 572 g/mol. The van der Waals surface area contributed by atoms with Gasteiger partial charge < -0.3 is 19.3 Å². The van der Waals surface area contributed by atoms with Gasteiger partial charge >= 0.3 is 11.9 Å². The van der Waals surface area contributed by atoms with Gasteiger partial charge in [0, 0.05) is 59.9 Å². The Morgan fingerprint density at radius 2 is 1.02 bits per heavy atom. The highest BCUT2D eigenvalue weighted by Crippen LogP contribution is 2.35. The lowest BCUT2D eigenvalue weighted by molar-refractivity contribution is -0.657. The van der Waals surface area contributed by atoms with Crippen molar-refractivity contribution in [3.63, 3.8) is 0 Å². The van der Waals surface area contributed by atoms with Gasteiger partial charge in [0.05, 0.1) is 67.2 Å². The molecule has 0 spiro atoms. The number of hydrogen-bond acceptors (Lipinski definition) is 8. The van der Waals surface area contributed by atoms with Gasteiger partial charge in [-0.25, -0.2) is 18.3 Å². The van der Waals surface area contributed by atoms with Gasteiger partial charge in [-0.2, -0.15) is 0 Å². The molecule has 5 rings (SSSR count). The van der Waals surface area contributed by atoms with Crippen molar-refractivity contribution in [3.05, 3.63) is 61.2 Å². The molecule has 1 aliphatic rings. The van der Waals surface area contributed by atoms with Crippen LogP contribution in [0.1, 0.15) is 12.8 Å². The number of azo groups is 2. The lowest BCUT2D eigenvalue weighted by Gasteiger charge is -2.33. The van der Waals surface area contributed by atoms with Crippen molar-refractivity contribution < 1.29 is 18.6 Å². The zero-order chi connectivity index (χ0) is 29.6. The Kier molecular flexibility index (Phi) is 8.80. The molecule has 0 bridgehead atoms. The number of aromatic nitrogens is 4. The highest BCUT2D eigenvalue weighted by Gasteiger charge is 2.18. The molecule has 0 atom stereocenters. The van der Waals surface area contributed by atoms with Crippen LogP contribution in [0.2, 0.25) is 0 Å². The second-order valence-electron chi connectivity index (χ2n) is 10.4. The minimum atomic E-state index is 0.704. The number of anilines is 2. The van der Waals surface area contributed by atoms with Crippen molar-refractivity contribution in [2.24, 2.45) is 48.6 Å². The largest absolute Gasteiger partial charge is 0.494 e. The molecule has 0 N–H and O–H groups in total. The van der Waals surface area contributed by atoms with Crippen LogP contribution < -0.4 is 28.4 Å². The van der Waals surface area contributed by atoms with E-state index in [-0.39, 0.29) is 0 Å². The minimum Gasteiger partial charge on any atom is -0.494 e. The number of ether oxygens (including phenoxy) is 2. The molecule has 1 aliphatic heterocycles. The van der Waals surface area contributed by atoms with Crippen LogP contribution in [0.4, 0.5) is 34.6 Å². The van der Waals surface area contributed by atoms with Gasteiger partial charge in [-0.15, -0.1) is 0 Å². The Morgan fingerprint density at radius 1 is 0.619 bits per heavy atom. The van der Waals surface area contributed by atoms with Gasteiger partial charge in [0.1, 0.15) is 22.9 Å². The Hall–Kier alpha value is -4.74. The summed E-state index contributed by atoms with van der Waals surface area (Å²) in [5.74, 6) is 2.93. The molecule has 2 aromatic carbocycles. The number of hydrogen-bond donors (Lipinski definition) is 0. The molecule has 42 heavy (non-hydrogen) atoms. The molecule has 3 heterocycles. The van der Waals surface area contributed by atoms with Gasteiger partial charge in [-0.05, 0) is 37.1 Å². The molecular formula is C30H40N10O2+2. The summed E-state index contributed by atoms with van der Waals surface area (Å²) in [4.78, 5) is 4.84. The maximum absolute atomic E-state index is 5.69. The van der Waals surface area contributed by atoms with E-state index in [1.54, 1.807) is 14.2 Å². The third-order valence-electron chi connectivity index (χ3n) is 7.55. The summed E-state index contributed by atoms with van der Waals surface area (Å²) in [5.41, 5.74) is 3.67. The van der Waals surface area contributed by atoms with E-state index in [2.05, 4.69) is 54.5 Å². The predicted octanol–water partition coefficient (Wildman–Crippen LogP) is 4.97. The summed E-state index contributed by atoms with van der Waals surface area (Å²) in [6.45, 7) is 3.77. The van der Waals surface area contributed by atoms with E-state index < -0.39 is 0 Å². The summed E-state index contributed by atoms with van der Waals surface area (Å²) in [7, 11) is 11.1. The number of benzene rings is 2. The molecule has 0 amide bonds. The predicted molar refractivity (Wildman–Crippen MR) is 161 cm³/mol. The quantitative estimate of drug-likeness (QED) is 0.220. The summed E-state index contributed by atoms with van der Waals surface area (Å²) in [6, 6.07) is 12.3. The molecule has 0 saturated carbocycles. The molecule has 0 unspecified atom stereocenters. The molecule has 1 saturated heterocycles. The van der Waals surface area contributed by atoms with Crippen molar-refractivity contribution in [1.29, 1.82) is 0 Å². The first kappa shape index (κ1) is 28.8. The minimum absolute atomic E-state index is 0.704. The van der Waals surface area contributed by atoms with Gasteiger partial charge in [0.2, 0.25) is 0 Å². The van der Waals surface area contributed by atoms with E-state index in [0.717, 1.165) is 62.3 Å². The average molecular weight is 573 g/mol. The second kappa shape index (κ2) is 12.8. The van der Waals surface area contributed by atoms with Crippen LogP contribution >= 0.6 is 0 Å². The van der Waals surface area contributed by atoms with Crippen LogP contribution in [0.15, 0.2) is 81.6 Å². The molecular weight excluding hydrogens is 532 g/mol. The van der Waals surface area contributed by atoms with E-state index in [1.807, 2.05) is 83.4 Å². The Morgan fingerprint density at radius 3 is 1.36 bits per heavy atom. The smallest absolute Gasteiger partial charge is 0.421 e. The first-order valence-electron chi connectivity index (χ1n) is 14.1.